The van der Waals surface area contributed by atoms with Crippen LogP contribution < -0.4 is 4.90 Å². The number of aryl methyl sites for hydroxylation is 1. The summed E-state index contributed by atoms with van der Waals surface area (Å²) in [5.74, 6) is -0.242. The molecule has 1 unspecified atom stereocenters. The van der Waals surface area contributed by atoms with E-state index >= 15 is 0 Å². The van der Waals surface area contributed by atoms with Crippen LogP contribution >= 0.6 is 11.3 Å². The zero-order valence-corrected chi connectivity index (χ0v) is 31.4. The first-order valence-corrected chi connectivity index (χ1v) is 19.2. The lowest BCUT2D eigenvalue weighted by Crippen LogP contribution is -2.30. The molecule has 3 rings (SSSR count). The van der Waals surface area contributed by atoms with Crippen LogP contribution in [0.4, 0.5) is 16.4 Å². The van der Waals surface area contributed by atoms with Crippen molar-refractivity contribution >= 4 is 37.8 Å². The first-order chi connectivity index (χ1) is 24.6. The molecule has 0 saturated heterocycles. The van der Waals surface area contributed by atoms with Gasteiger partial charge in [-0.05, 0) is 75.7 Å². The van der Waals surface area contributed by atoms with E-state index < -0.39 is 10.1 Å². The zero-order valence-electron chi connectivity index (χ0n) is 29.8. The number of anilines is 1. The summed E-state index contributed by atoms with van der Waals surface area (Å²) in [7, 11) is -2.04. The van der Waals surface area contributed by atoms with Gasteiger partial charge in [0.2, 0.25) is 0 Å². The molecule has 3 aromatic rings. The van der Waals surface area contributed by atoms with Crippen LogP contribution in [0.2, 0.25) is 0 Å². The lowest BCUT2D eigenvalue weighted by atomic mass is 10.1. The van der Waals surface area contributed by atoms with Gasteiger partial charge >= 0.3 is 0 Å². The van der Waals surface area contributed by atoms with Crippen molar-refractivity contribution in [2.75, 3.05) is 90.1 Å². The van der Waals surface area contributed by atoms with E-state index in [0.717, 1.165) is 23.4 Å². The van der Waals surface area contributed by atoms with E-state index in [0.29, 0.717) is 99.0 Å². The summed E-state index contributed by atoms with van der Waals surface area (Å²) in [5, 5.41) is 28.0. The van der Waals surface area contributed by atoms with Gasteiger partial charge in [0.15, 0.2) is 5.00 Å². The molecule has 0 fully saturated rings. The van der Waals surface area contributed by atoms with E-state index in [1.165, 1.54) is 11.3 Å². The lowest BCUT2D eigenvalue weighted by Gasteiger charge is -2.29. The van der Waals surface area contributed by atoms with Crippen molar-refractivity contribution in [3.63, 3.8) is 0 Å². The van der Waals surface area contributed by atoms with Crippen LogP contribution in [-0.4, -0.2) is 103 Å². The van der Waals surface area contributed by atoms with E-state index in [1.807, 2.05) is 49.2 Å². The van der Waals surface area contributed by atoms with Gasteiger partial charge in [0.1, 0.15) is 23.1 Å². The maximum absolute atomic E-state index is 10.8. The van der Waals surface area contributed by atoms with Crippen molar-refractivity contribution in [3.8, 4) is 12.1 Å². The number of rotatable bonds is 24. The van der Waals surface area contributed by atoms with Gasteiger partial charge < -0.3 is 28.7 Å². The quantitative estimate of drug-likeness (QED) is 0.0615. The van der Waals surface area contributed by atoms with Gasteiger partial charge in [-0.25, -0.2) is 0 Å². The number of benzene rings is 2. The molecule has 0 amide bonds. The number of likely N-dealkylation sites (N-methyl/N-ethyl adjacent to an activating group) is 2. The lowest BCUT2D eigenvalue weighted by molar-refractivity contribution is -0.0184. The first kappa shape index (κ1) is 41.6. The predicted octanol–water partition coefficient (Wildman–Crippen LogP) is 6.37. The molecule has 0 radical (unpaired) electrons. The predicted molar refractivity (Wildman–Crippen MR) is 198 cm³/mol. The van der Waals surface area contributed by atoms with Crippen LogP contribution in [-0.2, 0) is 29.1 Å². The van der Waals surface area contributed by atoms with E-state index in [4.69, 9.17) is 23.5 Å². The molecule has 15 heteroatoms. The van der Waals surface area contributed by atoms with Crippen LogP contribution in [0.1, 0.15) is 46.6 Å². The van der Waals surface area contributed by atoms with Gasteiger partial charge in [0.25, 0.3) is 10.1 Å². The van der Waals surface area contributed by atoms with Gasteiger partial charge in [-0.3, -0.25) is 4.55 Å². The van der Waals surface area contributed by atoms with Crippen LogP contribution in [0.5, 0.6) is 0 Å². The average Bonchev–Trinajstić information content (AvgIpc) is 3.43. The topological polar surface area (TPSA) is 170 Å². The average molecular weight is 741 g/mol. The molecule has 0 aliphatic carbocycles. The Morgan fingerprint density at radius 2 is 1.57 bits per heavy atom. The monoisotopic (exact) mass is 740 g/mol. The van der Waals surface area contributed by atoms with E-state index in [1.54, 1.807) is 6.92 Å². The summed E-state index contributed by atoms with van der Waals surface area (Å²) in [5.41, 5.74) is 4.72. The SMILES string of the molecule is CCN(CC(OCCOCCOCCOCCN(C)CCCS(=O)(=O)O)c1ccccc1)c1ccc(/N=N/c2sc(C#N)c(C)c2C#N)c(C)c1. The second-order valence-corrected chi connectivity index (χ2v) is 14.3. The third kappa shape index (κ3) is 14.8. The van der Waals surface area contributed by atoms with Crippen molar-refractivity contribution in [2.24, 2.45) is 10.2 Å². The molecule has 0 bridgehead atoms. The maximum Gasteiger partial charge on any atom is 0.264 e. The molecule has 0 saturated carbocycles. The molecule has 0 spiro atoms. The van der Waals surface area contributed by atoms with Crippen molar-refractivity contribution in [2.45, 2.75) is 33.3 Å². The third-order valence-corrected chi connectivity index (χ3v) is 9.81. The fraction of sp³-hybridized carbons (Fsp3) is 0.500. The Bertz CT molecular complexity index is 1720. The van der Waals surface area contributed by atoms with Crippen molar-refractivity contribution in [3.05, 3.63) is 75.7 Å². The standard InChI is InChI=1S/C36H48N6O7S2/c1-5-42(31-12-13-33(28(2)24-31)39-40-36-32(25-37)29(3)35(26-38)50-36)27-34(30-10-7-6-8-11-30)49-22-21-48-20-19-47-18-17-46-16-15-41(4)14-9-23-51(43,44)45/h6-8,10-13,24,34H,5,9,14-23,27H2,1-4H3,(H,43,44,45)/b40-39+. The number of azo groups is 1. The highest BCUT2D eigenvalue weighted by Crippen LogP contribution is 2.36. The summed E-state index contributed by atoms with van der Waals surface area (Å²) >= 11 is 1.17. The second kappa shape index (κ2) is 22.2. The van der Waals surface area contributed by atoms with Gasteiger partial charge in [-0.15, -0.1) is 21.6 Å². The van der Waals surface area contributed by atoms with E-state index in [2.05, 4.69) is 52.4 Å². The molecular formula is C36H48N6O7S2. The molecule has 0 aliphatic heterocycles. The number of hydrogen-bond acceptors (Lipinski definition) is 13. The molecular weight excluding hydrogens is 693 g/mol. The summed E-state index contributed by atoms with van der Waals surface area (Å²) in [4.78, 5) is 4.67. The fourth-order valence-corrected chi connectivity index (χ4v) is 6.40. The smallest absolute Gasteiger partial charge is 0.264 e. The van der Waals surface area contributed by atoms with Gasteiger partial charge in [-0.1, -0.05) is 30.3 Å². The summed E-state index contributed by atoms with van der Waals surface area (Å²) in [6.45, 7) is 11.5. The number of thiophene rings is 1. The Morgan fingerprint density at radius 1 is 0.902 bits per heavy atom. The van der Waals surface area contributed by atoms with Gasteiger partial charge in [0, 0.05) is 25.3 Å². The summed E-state index contributed by atoms with van der Waals surface area (Å²) < 4.78 is 53.6. The third-order valence-electron chi connectivity index (χ3n) is 7.93. The first-order valence-electron chi connectivity index (χ1n) is 16.8. The zero-order chi connectivity index (χ0) is 37.1. The van der Waals surface area contributed by atoms with Crippen LogP contribution in [0.3, 0.4) is 0 Å². The minimum absolute atomic E-state index is 0.189. The van der Waals surface area contributed by atoms with Gasteiger partial charge in [0.05, 0.1) is 63.3 Å². The maximum atomic E-state index is 10.8. The highest BCUT2D eigenvalue weighted by atomic mass is 32.2. The molecule has 1 N–H and O–H groups in total. The minimum atomic E-state index is -3.92. The van der Waals surface area contributed by atoms with Crippen LogP contribution in [0.25, 0.3) is 0 Å². The fourth-order valence-electron chi connectivity index (χ4n) is 5.03. The Hall–Kier alpha value is -3.77. The highest BCUT2D eigenvalue weighted by molar-refractivity contribution is 7.85. The Balaban J connectivity index is 1.42. The molecule has 1 aromatic heterocycles. The number of nitrogens with zero attached hydrogens (tertiary/aromatic N) is 6. The number of hydrogen-bond donors (Lipinski definition) is 1. The highest BCUT2D eigenvalue weighted by Gasteiger charge is 2.18. The van der Waals surface area contributed by atoms with E-state index in [9.17, 15) is 18.9 Å². The normalized spacial score (nSPS) is 12.3. The molecule has 51 heavy (non-hydrogen) atoms. The second-order valence-electron chi connectivity index (χ2n) is 11.7. The molecule has 0 aliphatic rings. The Labute approximate surface area is 305 Å². The number of ether oxygens (including phenoxy) is 4. The molecule has 276 valence electrons. The molecule has 13 nitrogen and oxygen atoms in total. The molecule has 1 atom stereocenters. The van der Waals surface area contributed by atoms with Crippen molar-refractivity contribution < 1.29 is 31.9 Å². The Morgan fingerprint density at radius 3 is 2.18 bits per heavy atom. The summed E-state index contributed by atoms with van der Waals surface area (Å²) in [6.07, 6.45) is 0.180. The van der Waals surface area contributed by atoms with Crippen molar-refractivity contribution in [1.29, 1.82) is 10.5 Å². The van der Waals surface area contributed by atoms with Gasteiger partial charge in [-0.2, -0.15) is 18.9 Å². The number of nitriles is 2. The van der Waals surface area contributed by atoms with Crippen LogP contribution in [0, 0.1) is 36.5 Å². The molecule has 1 heterocycles. The van der Waals surface area contributed by atoms with E-state index in [-0.39, 0.29) is 11.9 Å². The largest absolute Gasteiger partial charge is 0.378 e. The van der Waals surface area contributed by atoms with Crippen LogP contribution in [0.15, 0.2) is 58.8 Å². The molecule has 2 aromatic carbocycles. The Kier molecular flexibility index (Phi) is 18.2. The van der Waals surface area contributed by atoms with Crippen molar-refractivity contribution in [1.82, 2.24) is 4.90 Å². The summed E-state index contributed by atoms with van der Waals surface area (Å²) in [6, 6.07) is 20.3. The minimum Gasteiger partial charge on any atom is -0.378 e.